The minimum atomic E-state index is 0.180. The van der Waals surface area contributed by atoms with Gasteiger partial charge in [-0.2, -0.15) is 0 Å². The fourth-order valence-electron chi connectivity index (χ4n) is 1.71. The monoisotopic (exact) mass is 308 g/mol. The summed E-state index contributed by atoms with van der Waals surface area (Å²) in [6, 6.07) is 3.71. The van der Waals surface area contributed by atoms with Gasteiger partial charge in [0, 0.05) is 23.7 Å². The number of nitrogens with zero attached hydrogens (tertiary/aromatic N) is 3. The molecule has 0 aromatic carbocycles. The smallest absolute Gasteiger partial charge is 0.191 e. The fraction of sp³-hybridized carbons (Fsp3) is 0.357. The van der Waals surface area contributed by atoms with Crippen molar-refractivity contribution in [1.82, 2.24) is 15.0 Å². The largest absolute Gasteiger partial charge is 0.384 e. The molecule has 2 aromatic heterocycles. The molecule has 2 aromatic rings. The lowest BCUT2D eigenvalue weighted by atomic mass is 10.0. The maximum Gasteiger partial charge on any atom is 0.191 e. The second-order valence-electron chi connectivity index (χ2n) is 4.86. The third kappa shape index (κ3) is 3.84. The van der Waals surface area contributed by atoms with Crippen LogP contribution in [0.15, 0.2) is 29.7 Å². The number of aromatic nitrogens is 3. The summed E-state index contributed by atoms with van der Waals surface area (Å²) >= 11 is 7.41. The van der Waals surface area contributed by atoms with Crippen molar-refractivity contribution in [2.45, 2.75) is 37.1 Å². The maximum atomic E-state index is 5.89. The summed E-state index contributed by atoms with van der Waals surface area (Å²) < 4.78 is 0. The molecule has 2 rings (SSSR count). The number of thioether (sulfide) groups is 1. The second-order valence-corrected chi connectivity index (χ2v) is 6.56. The summed E-state index contributed by atoms with van der Waals surface area (Å²) in [7, 11) is 0. The van der Waals surface area contributed by atoms with Crippen LogP contribution in [-0.4, -0.2) is 15.0 Å². The quantitative estimate of drug-likeness (QED) is 0.523. The van der Waals surface area contributed by atoms with Crippen molar-refractivity contribution in [2.24, 2.45) is 0 Å². The average molecular weight is 309 g/mol. The Kier molecular flexibility index (Phi) is 4.83. The molecule has 0 aliphatic carbocycles. The highest BCUT2D eigenvalue weighted by Gasteiger charge is 2.12. The van der Waals surface area contributed by atoms with E-state index in [0.29, 0.717) is 22.0 Å². The van der Waals surface area contributed by atoms with Gasteiger partial charge < -0.3 is 5.73 Å². The van der Waals surface area contributed by atoms with E-state index in [0.717, 1.165) is 5.56 Å². The van der Waals surface area contributed by atoms with E-state index in [1.165, 1.54) is 23.4 Å². The van der Waals surface area contributed by atoms with E-state index < -0.39 is 0 Å². The summed E-state index contributed by atoms with van der Waals surface area (Å²) in [4.78, 5) is 12.7. The lowest BCUT2D eigenvalue weighted by Crippen LogP contribution is -1.98. The number of hydrogen-bond donors (Lipinski definition) is 1. The number of hydrogen-bond acceptors (Lipinski definition) is 5. The molecule has 0 saturated carbocycles. The Hall–Kier alpha value is -1.33. The van der Waals surface area contributed by atoms with E-state index in [4.69, 9.17) is 17.3 Å². The van der Waals surface area contributed by atoms with Crippen LogP contribution in [0.3, 0.4) is 0 Å². The number of nitrogens with two attached hydrogens (primary N) is 1. The summed E-state index contributed by atoms with van der Waals surface area (Å²) in [5, 5.41) is 1.12. The van der Waals surface area contributed by atoms with Gasteiger partial charge >= 0.3 is 0 Å². The molecule has 0 aliphatic heterocycles. The van der Waals surface area contributed by atoms with E-state index in [-0.39, 0.29) is 5.25 Å². The summed E-state index contributed by atoms with van der Waals surface area (Å²) in [6.07, 6.45) is 3.77. The molecule has 20 heavy (non-hydrogen) atoms. The lowest BCUT2D eigenvalue weighted by molar-refractivity contribution is 0.850. The van der Waals surface area contributed by atoms with Gasteiger partial charge in [0.2, 0.25) is 0 Å². The zero-order valence-electron chi connectivity index (χ0n) is 11.7. The molecule has 0 amide bonds. The van der Waals surface area contributed by atoms with Crippen LogP contribution in [0.5, 0.6) is 0 Å². The van der Waals surface area contributed by atoms with Gasteiger partial charge in [-0.1, -0.05) is 43.3 Å². The molecule has 0 radical (unpaired) electrons. The van der Waals surface area contributed by atoms with Crippen LogP contribution in [0.1, 0.15) is 43.1 Å². The Morgan fingerprint density at radius 1 is 1.10 bits per heavy atom. The summed E-state index contributed by atoms with van der Waals surface area (Å²) in [6.45, 7) is 6.39. The van der Waals surface area contributed by atoms with Crippen LogP contribution in [0.2, 0.25) is 5.15 Å². The van der Waals surface area contributed by atoms with E-state index in [2.05, 4.69) is 41.8 Å². The van der Waals surface area contributed by atoms with Gasteiger partial charge in [-0.15, -0.1) is 0 Å². The highest BCUT2D eigenvalue weighted by molar-refractivity contribution is 7.99. The van der Waals surface area contributed by atoms with Crippen LogP contribution in [0, 0.1) is 0 Å². The van der Waals surface area contributed by atoms with Gasteiger partial charge in [0.05, 0.1) is 0 Å². The molecule has 1 atom stereocenters. The number of halogens is 1. The van der Waals surface area contributed by atoms with E-state index in [1.54, 1.807) is 0 Å². The number of pyridine rings is 1. The number of rotatable bonds is 4. The first-order valence-electron chi connectivity index (χ1n) is 6.37. The minimum absolute atomic E-state index is 0.180. The van der Waals surface area contributed by atoms with Crippen molar-refractivity contribution in [3.8, 4) is 0 Å². The minimum Gasteiger partial charge on any atom is -0.384 e. The first-order chi connectivity index (χ1) is 9.45. The molecule has 0 aliphatic rings. The zero-order valence-corrected chi connectivity index (χ0v) is 13.2. The highest BCUT2D eigenvalue weighted by atomic mass is 35.5. The molecular formula is C14H17ClN4S. The van der Waals surface area contributed by atoms with Gasteiger partial charge in [-0.25, -0.2) is 9.97 Å². The van der Waals surface area contributed by atoms with Crippen molar-refractivity contribution in [3.63, 3.8) is 0 Å². The van der Waals surface area contributed by atoms with Crippen molar-refractivity contribution < 1.29 is 0 Å². The Morgan fingerprint density at radius 2 is 1.80 bits per heavy atom. The van der Waals surface area contributed by atoms with Crippen LogP contribution in [-0.2, 0) is 0 Å². The topological polar surface area (TPSA) is 64.7 Å². The second kappa shape index (κ2) is 6.41. The molecule has 2 heterocycles. The van der Waals surface area contributed by atoms with Crippen molar-refractivity contribution in [1.29, 1.82) is 0 Å². The summed E-state index contributed by atoms with van der Waals surface area (Å²) in [5.41, 5.74) is 8.04. The van der Waals surface area contributed by atoms with Crippen LogP contribution in [0.25, 0.3) is 0 Å². The third-order valence-corrected chi connectivity index (χ3v) is 4.11. The van der Waals surface area contributed by atoms with E-state index >= 15 is 0 Å². The fourth-order valence-corrected chi connectivity index (χ4v) is 2.84. The molecule has 0 fully saturated rings. The Balaban J connectivity index is 2.19. The van der Waals surface area contributed by atoms with Gasteiger partial charge in [-0.3, -0.25) is 4.98 Å². The van der Waals surface area contributed by atoms with Gasteiger partial charge in [-0.05, 0) is 24.0 Å². The normalized spacial score (nSPS) is 12.7. The predicted octanol–water partition coefficient (Wildman–Crippen LogP) is 4.08. The molecule has 0 saturated heterocycles. The maximum absolute atomic E-state index is 5.89. The summed E-state index contributed by atoms with van der Waals surface area (Å²) in [5.74, 6) is 0.839. The number of nitrogen functional groups attached to an aromatic ring is 1. The Labute approximate surface area is 128 Å². The first kappa shape index (κ1) is 15.1. The molecule has 1 unspecified atom stereocenters. The third-order valence-electron chi connectivity index (χ3n) is 2.89. The highest BCUT2D eigenvalue weighted by Crippen LogP contribution is 2.34. The Bertz CT molecular complexity index is 583. The SMILES string of the molecule is CC(C)c1cncc(C(C)Sc2nc(N)cc(Cl)n2)c1. The molecule has 6 heteroatoms. The van der Waals surface area contributed by atoms with Crippen LogP contribution < -0.4 is 5.73 Å². The van der Waals surface area contributed by atoms with Gasteiger partial charge in [0.1, 0.15) is 11.0 Å². The van der Waals surface area contributed by atoms with Gasteiger partial charge in [0.25, 0.3) is 0 Å². The van der Waals surface area contributed by atoms with Crippen molar-refractivity contribution in [3.05, 3.63) is 40.8 Å². The molecule has 2 N–H and O–H groups in total. The molecule has 4 nitrogen and oxygen atoms in total. The molecule has 0 spiro atoms. The molecule has 0 bridgehead atoms. The van der Waals surface area contributed by atoms with Crippen molar-refractivity contribution in [2.75, 3.05) is 5.73 Å². The number of anilines is 1. The molecular weight excluding hydrogens is 292 g/mol. The van der Waals surface area contributed by atoms with Crippen LogP contribution in [0.4, 0.5) is 5.82 Å². The van der Waals surface area contributed by atoms with Crippen LogP contribution >= 0.6 is 23.4 Å². The first-order valence-corrected chi connectivity index (χ1v) is 7.63. The van der Waals surface area contributed by atoms with E-state index in [9.17, 15) is 0 Å². The predicted molar refractivity (Wildman–Crippen MR) is 84.1 cm³/mol. The molecule has 106 valence electrons. The zero-order chi connectivity index (χ0) is 14.7. The van der Waals surface area contributed by atoms with Gasteiger partial charge in [0.15, 0.2) is 5.16 Å². The average Bonchev–Trinajstić information content (AvgIpc) is 2.37. The van der Waals surface area contributed by atoms with E-state index in [1.807, 2.05) is 12.4 Å². The van der Waals surface area contributed by atoms with Crippen molar-refractivity contribution >= 4 is 29.2 Å². The standard InChI is InChI=1S/C14H17ClN4S/c1-8(2)10-4-11(7-17-6-10)9(3)20-14-18-12(15)5-13(16)19-14/h4-9H,1-3H3,(H2,16,18,19). The lowest BCUT2D eigenvalue weighted by Gasteiger charge is -2.13. The Morgan fingerprint density at radius 3 is 2.45 bits per heavy atom.